The first-order valence-corrected chi connectivity index (χ1v) is 1.88. The molecule has 0 fully saturated rings. The largest absolute Gasteiger partial charge is 0.335 e. The molecule has 0 amide bonds. The fraction of sp³-hybridized carbons (Fsp3) is 0. The molecule has 0 radical (unpaired) electrons. The maximum atomic E-state index is 10.4. The van der Waals surface area contributed by atoms with Crippen LogP contribution in [-0.4, -0.2) is 4.89 Å². The lowest BCUT2D eigenvalue weighted by Gasteiger charge is -1.74. The number of rotatable bonds is 0. The van der Waals surface area contributed by atoms with Crippen molar-refractivity contribution in [3.05, 3.63) is 0 Å². The van der Waals surface area contributed by atoms with Crippen LogP contribution in [0.3, 0.4) is 0 Å². The smallest absolute Gasteiger partial charge is 0.295 e. The third-order valence-corrected chi connectivity index (χ3v) is 0. The molecule has 4 heavy (non-hydrogen) atoms. The predicted molar refractivity (Wildman–Crippen MR) is 14.4 cm³/mol. The summed E-state index contributed by atoms with van der Waals surface area (Å²) >= 11 is 0. The van der Waals surface area contributed by atoms with Crippen LogP contribution < -0.4 is 5.50 Å². The van der Waals surface area contributed by atoms with E-state index in [0.717, 1.165) is 0 Å². The zero-order valence-corrected chi connectivity index (χ0v) is 2.74. The van der Waals surface area contributed by atoms with Crippen molar-refractivity contribution >= 4 is 8.61 Å². The van der Waals surface area contributed by atoms with Gasteiger partial charge in [0.15, 0.2) is 0 Å². The molecule has 0 bridgehead atoms. The fourth-order valence-corrected chi connectivity index (χ4v) is 0. The quantitative estimate of drug-likeness (QED) is 0.409. The van der Waals surface area contributed by atoms with Gasteiger partial charge in [-0.1, -0.05) is 0 Å². The van der Waals surface area contributed by atoms with Crippen molar-refractivity contribution < 1.29 is 9.09 Å². The van der Waals surface area contributed by atoms with Crippen LogP contribution in [0.15, 0.2) is 0 Å². The molecule has 0 spiro atoms. The first kappa shape index (κ1) is 4.28. The summed E-state index contributed by atoms with van der Waals surface area (Å²) in [5.74, 6) is 0. The Morgan fingerprint density at radius 3 is 2.00 bits per heavy atom. The van der Waals surface area contributed by atoms with Gasteiger partial charge in [0.2, 0.25) is 0 Å². The van der Waals surface area contributed by atoms with E-state index < -0.39 is 8.61 Å². The third-order valence-electron chi connectivity index (χ3n) is 0. The van der Waals surface area contributed by atoms with Crippen molar-refractivity contribution in [2.75, 3.05) is 0 Å². The van der Waals surface area contributed by atoms with Crippen LogP contribution in [0, 0.1) is 0 Å². The Balaban J connectivity index is 2.32. The van der Waals surface area contributed by atoms with Gasteiger partial charge in [0.1, 0.15) is 0 Å². The van der Waals surface area contributed by atoms with Crippen molar-refractivity contribution in [1.29, 1.82) is 0 Å². The van der Waals surface area contributed by atoms with E-state index in [1.165, 1.54) is 0 Å². The molecule has 0 saturated heterocycles. The van der Waals surface area contributed by atoms with E-state index in [0.29, 0.717) is 0 Å². The average molecular weight is 83.0 g/mol. The van der Waals surface area contributed by atoms with Crippen molar-refractivity contribution in [2.24, 2.45) is 5.50 Å². The highest BCUT2D eigenvalue weighted by Gasteiger charge is 1.77. The summed E-state index contributed by atoms with van der Waals surface area (Å²) < 4.78 is 10.4. The second kappa shape index (κ2) is 1.58. The Bertz CT molecular complexity index is 12.8. The Morgan fingerprint density at radius 1 is 2.00 bits per heavy atom. The van der Waals surface area contributed by atoms with Crippen LogP contribution in [0.4, 0.5) is 4.20 Å². The van der Waals surface area contributed by atoms with Crippen LogP contribution >= 0.6 is 8.61 Å². The van der Waals surface area contributed by atoms with Gasteiger partial charge in [-0.15, -0.1) is 0 Å². The SMILES string of the molecule is NP(O)F. The molecule has 0 saturated carbocycles. The Morgan fingerprint density at radius 2 is 2.00 bits per heavy atom. The normalized spacial score (nSPS) is 15.8. The minimum absolute atomic E-state index is 2.62. The van der Waals surface area contributed by atoms with Crippen molar-refractivity contribution in [3.63, 3.8) is 0 Å². The highest BCUT2D eigenvalue weighted by molar-refractivity contribution is 7.42. The molecule has 0 aliphatic rings. The third kappa shape index (κ3) is 47.6. The summed E-state index contributed by atoms with van der Waals surface area (Å²) in [6, 6.07) is 0. The number of nitrogens with two attached hydrogens (primary N) is 1. The number of hydrogen-bond donors (Lipinski definition) is 2. The molecule has 1 atom stereocenters. The standard InChI is InChI=1S/FH3NOP/c1-4(2)3/h3H,2H2. The first-order valence-electron chi connectivity index (χ1n) is 0.627. The molecule has 0 aromatic heterocycles. The number of halogens is 1. The summed E-state index contributed by atoms with van der Waals surface area (Å²) in [5, 5.41) is 0. The minimum atomic E-state index is -2.62. The van der Waals surface area contributed by atoms with Gasteiger partial charge in [-0.2, -0.15) is 4.20 Å². The molecule has 0 heterocycles. The number of hydrogen-bond acceptors (Lipinski definition) is 2. The average Bonchev–Trinajstić information content (AvgIpc) is 0.811. The Labute approximate surface area is 24.4 Å². The lowest BCUT2D eigenvalue weighted by molar-refractivity contribution is 0.569. The van der Waals surface area contributed by atoms with E-state index in [2.05, 4.69) is 5.50 Å². The van der Waals surface area contributed by atoms with Gasteiger partial charge in [-0.05, 0) is 0 Å². The summed E-state index contributed by atoms with van der Waals surface area (Å²) in [4.78, 5) is 7.23. The first-order chi connectivity index (χ1) is 1.73. The summed E-state index contributed by atoms with van der Waals surface area (Å²) in [6.45, 7) is 0. The van der Waals surface area contributed by atoms with Crippen LogP contribution in [-0.2, 0) is 0 Å². The Kier molecular flexibility index (Phi) is 1.70. The molecule has 3 N–H and O–H groups in total. The van der Waals surface area contributed by atoms with E-state index in [1.807, 2.05) is 0 Å². The molecule has 0 aliphatic heterocycles. The zero-order valence-electron chi connectivity index (χ0n) is 1.85. The molecule has 0 rings (SSSR count). The maximum Gasteiger partial charge on any atom is 0.295 e. The molecular formula is H3FNOP. The summed E-state index contributed by atoms with van der Waals surface area (Å²) in [7, 11) is -2.62. The topological polar surface area (TPSA) is 46.2 Å². The van der Waals surface area contributed by atoms with E-state index in [9.17, 15) is 4.20 Å². The van der Waals surface area contributed by atoms with Crippen LogP contribution in [0.2, 0.25) is 0 Å². The lowest BCUT2D eigenvalue weighted by atomic mass is 13.9. The second-order valence-corrected chi connectivity index (χ2v) is 0.866. The molecule has 26 valence electrons. The molecule has 2 nitrogen and oxygen atoms in total. The fourth-order valence-electron chi connectivity index (χ4n) is 0. The van der Waals surface area contributed by atoms with Gasteiger partial charge in [0, 0.05) is 0 Å². The van der Waals surface area contributed by atoms with Gasteiger partial charge in [0.05, 0.1) is 0 Å². The maximum absolute atomic E-state index is 10.4. The molecular weight excluding hydrogens is 80.0 g/mol. The van der Waals surface area contributed by atoms with Crippen LogP contribution in [0.1, 0.15) is 0 Å². The lowest BCUT2D eigenvalue weighted by Crippen LogP contribution is -1.72. The van der Waals surface area contributed by atoms with Gasteiger partial charge < -0.3 is 4.89 Å². The second-order valence-electron chi connectivity index (χ2n) is 0.289. The molecule has 0 aliphatic carbocycles. The monoisotopic (exact) mass is 83.0 g/mol. The molecule has 0 aromatic carbocycles. The van der Waals surface area contributed by atoms with E-state index >= 15 is 0 Å². The molecule has 4 heteroatoms. The van der Waals surface area contributed by atoms with Crippen molar-refractivity contribution in [1.82, 2.24) is 0 Å². The van der Waals surface area contributed by atoms with E-state index in [-0.39, 0.29) is 0 Å². The van der Waals surface area contributed by atoms with E-state index in [1.54, 1.807) is 0 Å². The highest BCUT2D eigenvalue weighted by Crippen LogP contribution is 2.16. The van der Waals surface area contributed by atoms with Gasteiger partial charge >= 0.3 is 0 Å². The summed E-state index contributed by atoms with van der Waals surface area (Å²) in [6.07, 6.45) is 0. The van der Waals surface area contributed by atoms with Gasteiger partial charge in [-0.3, -0.25) is 5.50 Å². The Hall–Kier alpha value is 0.280. The van der Waals surface area contributed by atoms with Crippen molar-refractivity contribution in [2.45, 2.75) is 0 Å². The van der Waals surface area contributed by atoms with Gasteiger partial charge in [0.25, 0.3) is 8.61 Å². The highest BCUT2D eigenvalue weighted by atomic mass is 31.2. The summed E-state index contributed by atoms with van der Waals surface area (Å²) in [5.41, 5.74) is 4.06. The minimum Gasteiger partial charge on any atom is -0.335 e. The molecule has 0 aromatic rings. The van der Waals surface area contributed by atoms with Crippen LogP contribution in [0.5, 0.6) is 0 Å². The zero-order chi connectivity index (χ0) is 3.58. The van der Waals surface area contributed by atoms with Crippen molar-refractivity contribution in [3.8, 4) is 0 Å². The van der Waals surface area contributed by atoms with Gasteiger partial charge in [-0.25, -0.2) is 0 Å². The van der Waals surface area contributed by atoms with E-state index in [4.69, 9.17) is 4.89 Å². The predicted octanol–water partition coefficient (Wildman–Crippen LogP) is 0.134. The molecule has 1 unspecified atom stereocenters. The van der Waals surface area contributed by atoms with Crippen LogP contribution in [0.25, 0.3) is 0 Å².